The molecule has 1 aromatic carbocycles. The number of hydrogen-bond donors (Lipinski definition) is 1. The molecule has 0 amide bonds. The molecule has 0 aromatic heterocycles. The van der Waals surface area contributed by atoms with E-state index in [1.165, 1.54) is 6.07 Å². The molecule has 1 rings (SSSR count). The van der Waals surface area contributed by atoms with Gasteiger partial charge in [0.15, 0.2) is 0 Å². The van der Waals surface area contributed by atoms with Crippen molar-refractivity contribution in [1.82, 2.24) is 0 Å². The van der Waals surface area contributed by atoms with Crippen LogP contribution in [0.1, 0.15) is 11.1 Å². The van der Waals surface area contributed by atoms with Gasteiger partial charge in [0, 0.05) is 16.6 Å². The molecule has 0 bridgehead atoms. The summed E-state index contributed by atoms with van der Waals surface area (Å²) in [6, 6.07) is 4.06. The number of halogens is 2. The summed E-state index contributed by atoms with van der Waals surface area (Å²) in [7, 11) is 0.927. The van der Waals surface area contributed by atoms with Crippen LogP contribution in [0.15, 0.2) is 17.0 Å². The Morgan fingerprint density at radius 1 is 1.47 bits per heavy atom. The van der Waals surface area contributed by atoms with Gasteiger partial charge in [0.05, 0.1) is 5.56 Å². The number of alkyl halides is 1. The van der Waals surface area contributed by atoms with Crippen LogP contribution in [0.4, 0.5) is 0 Å². The third kappa shape index (κ3) is 2.53. The van der Waals surface area contributed by atoms with E-state index in [-0.39, 0.29) is 11.4 Å². The minimum absolute atomic E-state index is 0.0604. The van der Waals surface area contributed by atoms with Crippen LogP contribution in [0.5, 0.6) is 5.75 Å². The van der Waals surface area contributed by atoms with Gasteiger partial charge in [-0.1, -0.05) is 0 Å². The molecule has 0 saturated carbocycles. The number of hydrogen-bond acceptors (Lipinski definition) is 4. The number of benzene rings is 1. The topological polar surface area (TPSA) is 78.2 Å². The molecular formula is C8H5Cl2NO3S. The highest BCUT2D eigenvalue weighted by Gasteiger charge is 2.21. The number of aromatic hydroxyl groups is 1. The highest BCUT2D eigenvalue weighted by atomic mass is 35.7. The number of rotatable bonds is 2. The van der Waals surface area contributed by atoms with E-state index in [2.05, 4.69) is 0 Å². The third-order valence-corrected chi connectivity index (χ3v) is 3.34. The van der Waals surface area contributed by atoms with Crippen LogP contribution in [0.3, 0.4) is 0 Å². The summed E-state index contributed by atoms with van der Waals surface area (Å²) in [5.41, 5.74) is 0.218. The first-order valence-corrected chi connectivity index (χ1v) is 6.51. The highest BCUT2D eigenvalue weighted by molar-refractivity contribution is 8.13. The highest BCUT2D eigenvalue weighted by Crippen LogP contribution is 2.31. The van der Waals surface area contributed by atoms with Gasteiger partial charge in [0.25, 0.3) is 9.05 Å². The molecule has 0 atom stereocenters. The normalized spacial score (nSPS) is 11.0. The molecule has 0 saturated heterocycles. The molecule has 1 N–H and O–H groups in total. The Kier molecular flexibility index (Phi) is 3.45. The van der Waals surface area contributed by atoms with Gasteiger partial charge in [-0.3, -0.25) is 0 Å². The van der Waals surface area contributed by atoms with E-state index in [1.807, 2.05) is 0 Å². The second-order valence-corrected chi connectivity index (χ2v) is 5.44. The van der Waals surface area contributed by atoms with Gasteiger partial charge in [0.2, 0.25) is 0 Å². The van der Waals surface area contributed by atoms with Crippen molar-refractivity contribution in [3.63, 3.8) is 0 Å². The molecule has 80 valence electrons. The van der Waals surface area contributed by atoms with Crippen molar-refractivity contribution >= 4 is 31.3 Å². The fraction of sp³-hybridized carbons (Fsp3) is 0.125. The molecular weight excluding hydrogens is 261 g/mol. The van der Waals surface area contributed by atoms with Crippen molar-refractivity contribution in [1.29, 1.82) is 5.26 Å². The zero-order valence-corrected chi connectivity index (χ0v) is 9.57. The van der Waals surface area contributed by atoms with Crippen molar-refractivity contribution in [2.24, 2.45) is 0 Å². The van der Waals surface area contributed by atoms with E-state index in [0.717, 1.165) is 6.07 Å². The summed E-state index contributed by atoms with van der Waals surface area (Å²) in [6.45, 7) is 0. The molecule has 0 heterocycles. The summed E-state index contributed by atoms with van der Waals surface area (Å²) < 4.78 is 22.1. The van der Waals surface area contributed by atoms with Gasteiger partial charge in [0.1, 0.15) is 16.7 Å². The van der Waals surface area contributed by atoms with Crippen LogP contribution in [0.2, 0.25) is 0 Å². The number of phenols is 1. The molecule has 0 aliphatic carbocycles. The van der Waals surface area contributed by atoms with Gasteiger partial charge in [-0.2, -0.15) is 5.26 Å². The minimum Gasteiger partial charge on any atom is -0.506 e. The van der Waals surface area contributed by atoms with E-state index in [1.54, 1.807) is 6.07 Å². The minimum atomic E-state index is -4.14. The monoisotopic (exact) mass is 265 g/mol. The maximum absolute atomic E-state index is 11.1. The molecule has 0 aliphatic heterocycles. The fourth-order valence-electron chi connectivity index (χ4n) is 1.09. The Hall–Kier alpha value is -0.960. The smallest absolute Gasteiger partial charge is 0.266 e. The first-order valence-electron chi connectivity index (χ1n) is 3.66. The van der Waals surface area contributed by atoms with Crippen molar-refractivity contribution < 1.29 is 13.5 Å². The van der Waals surface area contributed by atoms with Gasteiger partial charge >= 0.3 is 0 Å². The van der Waals surface area contributed by atoms with Crippen LogP contribution in [-0.4, -0.2) is 13.5 Å². The molecule has 1 aromatic rings. The molecule has 0 fully saturated rings. The molecule has 4 nitrogen and oxygen atoms in total. The molecule has 15 heavy (non-hydrogen) atoms. The van der Waals surface area contributed by atoms with E-state index >= 15 is 0 Å². The van der Waals surface area contributed by atoms with Crippen LogP contribution in [0, 0.1) is 11.3 Å². The lowest BCUT2D eigenvalue weighted by Crippen LogP contribution is -1.97. The Morgan fingerprint density at radius 2 is 2.07 bits per heavy atom. The summed E-state index contributed by atoms with van der Waals surface area (Å²) >= 11 is 5.49. The lowest BCUT2D eigenvalue weighted by atomic mass is 10.1. The lowest BCUT2D eigenvalue weighted by molar-refractivity contribution is 0.458. The summed E-state index contributed by atoms with van der Waals surface area (Å²) in [6.07, 6.45) is 0. The number of phenolic OH excluding ortho intramolecular Hbond substituents is 1. The summed E-state index contributed by atoms with van der Waals surface area (Å²) in [5.74, 6) is -0.509. The number of nitrogens with zero attached hydrogens (tertiary/aromatic N) is 1. The summed E-state index contributed by atoms with van der Waals surface area (Å²) in [4.78, 5) is -0.583. The summed E-state index contributed by atoms with van der Waals surface area (Å²) in [5, 5.41) is 18.1. The zero-order valence-electron chi connectivity index (χ0n) is 7.24. The van der Waals surface area contributed by atoms with Crippen LogP contribution < -0.4 is 0 Å². The van der Waals surface area contributed by atoms with Gasteiger partial charge in [-0.05, 0) is 17.7 Å². The van der Waals surface area contributed by atoms with Crippen LogP contribution >= 0.6 is 22.3 Å². The largest absolute Gasteiger partial charge is 0.506 e. The van der Waals surface area contributed by atoms with E-state index < -0.39 is 19.7 Å². The Morgan fingerprint density at radius 3 is 2.47 bits per heavy atom. The Balaban J connectivity index is 3.61. The van der Waals surface area contributed by atoms with E-state index in [4.69, 9.17) is 27.5 Å². The van der Waals surface area contributed by atoms with Gasteiger partial charge in [-0.25, -0.2) is 8.42 Å². The zero-order chi connectivity index (χ0) is 11.6. The SMILES string of the molecule is N#Cc1cc(CCl)cc(O)c1S(=O)(=O)Cl. The van der Waals surface area contributed by atoms with Crippen molar-refractivity contribution in [3.8, 4) is 11.8 Å². The van der Waals surface area contributed by atoms with E-state index in [0.29, 0.717) is 5.56 Å². The lowest BCUT2D eigenvalue weighted by Gasteiger charge is -2.05. The fourth-order valence-corrected chi connectivity index (χ4v) is 2.40. The second-order valence-electron chi connectivity index (χ2n) is 2.67. The standard InChI is InChI=1S/C8H5Cl2NO3S/c9-3-5-1-6(4-11)8(7(12)2-5)15(10,13)14/h1-2,12H,3H2. The average Bonchev–Trinajstić information content (AvgIpc) is 2.14. The first kappa shape index (κ1) is 12.1. The van der Waals surface area contributed by atoms with E-state index in [9.17, 15) is 13.5 Å². The molecule has 0 spiro atoms. The predicted molar refractivity (Wildman–Crippen MR) is 55.4 cm³/mol. The van der Waals surface area contributed by atoms with Crippen molar-refractivity contribution in [2.75, 3.05) is 0 Å². The van der Waals surface area contributed by atoms with Crippen molar-refractivity contribution in [3.05, 3.63) is 23.3 Å². The maximum atomic E-state index is 11.1. The molecule has 0 unspecified atom stereocenters. The first-order chi connectivity index (χ1) is 6.90. The van der Waals surface area contributed by atoms with Crippen molar-refractivity contribution in [2.45, 2.75) is 10.8 Å². The van der Waals surface area contributed by atoms with Crippen LogP contribution in [-0.2, 0) is 14.9 Å². The Labute approximate surface area is 96.1 Å². The molecule has 0 aliphatic rings. The van der Waals surface area contributed by atoms with Crippen LogP contribution in [0.25, 0.3) is 0 Å². The second kappa shape index (κ2) is 4.27. The average molecular weight is 266 g/mol. The van der Waals surface area contributed by atoms with Gasteiger partial charge < -0.3 is 5.11 Å². The number of nitriles is 1. The quantitative estimate of drug-likeness (QED) is 0.655. The molecule has 0 radical (unpaired) electrons. The maximum Gasteiger partial charge on any atom is 0.266 e. The predicted octanol–water partition coefficient (Wildman–Crippen LogP) is 1.93. The molecule has 7 heteroatoms. The Bertz CT molecular complexity index is 534. The third-order valence-electron chi connectivity index (χ3n) is 1.65. The van der Waals surface area contributed by atoms with Gasteiger partial charge in [-0.15, -0.1) is 11.6 Å².